The lowest BCUT2D eigenvalue weighted by Gasteiger charge is -2.28. The van der Waals surface area contributed by atoms with Crippen LogP contribution < -0.4 is 4.89 Å². The predicted molar refractivity (Wildman–Crippen MR) is 250 cm³/mol. The highest BCUT2D eigenvalue weighted by atomic mass is 31.2. The number of hydrogen-bond acceptors (Lipinski definition) is 9. The van der Waals surface area contributed by atoms with Crippen LogP contribution in [0.1, 0.15) is 123 Å². The number of allylic oxidation sites excluding steroid dienone is 18. The minimum atomic E-state index is -4.68. The molecule has 0 rings (SSSR count). The number of quaternary nitrogens is 1. The zero-order valence-electron chi connectivity index (χ0n) is 38.2. The van der Waals surface area contributed by atoms with Gasteiger partial charge in [-0.25, -0.2) is 0 Å². The lowest BCUT2D eigenvalue weighted by molar-refractivity contribution is -0.870. The van der Waals surface area contributed by atoms with Crippen LogP contribution in [0.25, 0.3) is 0 Å². The van der Waals surface area contributed by atoms with E-state index in [0.29, 0.717) is 30.3 Å². The van der Waals surface area contributed by atoms with E-state index >= 15 is 0 Å². The number of aliphatic hydroxyl groups excluding tert-OH is 1. The number of unbranched alkanes of at least 4 members (excludes halogenated alkanes) is 4. The molecule has 0 saturated heterocycles. The Labute approximate surface area is 370 Å². The normalized spacial score (nSPS) is 15.2. The van der Waals surface area contributed by atoms with Crippen molar-refractivity contribution >= 4 is 19.8 Å². The first kappa shape index (κ1) is 57.4. The highest BCUT2D eigenvalue weighted by molar-refractivity contribution is 7.45. The van der Waals surface area contributed by atoms with Crippen molar-refractivity contribution < 1.29 is 47.2 Å². The summed E-state index contributed by atoms with van der Waals surface area (Å²) in [6.07, 6.45) is 52.6. The molecule has 0 aliphatic rings. The smallest absolute Gasteiger partial charge is 0.306 e. The van der Waals surface area contributed by atoms with Crippen LogP contribution in [0.5, 0.6) is 0 Å². The van der Waals surface area contributed by atoms with Gasteiger partial charge in [0.15, 0.2) is 6.10 Å². The van der Waals surface area contributed by atoms with E-state index in [4.69, 9.17) is 18.5 Å². The van der Waals surface area contributed by atoms with Crippen molar-refractivity contribution in [3.63, 3.8) is 0 Å². The average Bonchev–Trinajstić information content (AvgIpc) is 3.21. The van der Waals surface area contributed by atoms with Crippen LogP contribution in [-0.2, 0) is 32.7 Å². The summed E-state index contributed by atoms with van der Waals surface area (Å²) < 4.78 is 33.7. The Kier molecular flexibility index (Phi) is 38.0. The maximum absolute atomic E-state index is 12.7. The van der Waals surface area contributed by atoms with Crippen LogP contribution in [0.4, 0.5) is 0 Å². The molecule has 0 saturated carbocycles. The van der Waals surface area contributed by atoms with E-state index in [1.165, 1.54) is 0 Å². The number of ether oxygens (including phenoxy) is 2. The number of likely N-dealkylation sites (N-methyl/N-ethyl adjacent to an activating group) is 1. The van der Waals surface area contributed by atoms with Crippen molar-refractivity contribution in [2.24, 2.45) is 0 Å². The van der Waals surface area contributed by atoms with Crippen LogP contribution in [0, 0.1) is 0 Å². The Balaban J connectivity index is 4.63. The first-order valence-electron chi connectivity index (χ1n) is 22.4. The fourth-order valence-corrected chi connectivity index (χ4v) is 5.83. The van der Waals surface area contributed by atoms with Crippen LogP contribution in [0.2, 0.25) is 0 Å². The second-order valence-electron chi connectivity index (χ2n) is 15.5. The molecule has 0 aliphatic carbocycles. The fraction of sp³-hybridized carbons (Fsp3) is 0.560. The molecule has 0 aromatic heterocycles. The number of phosphoric acid groups is 1. The zero-order chi connectivity index (χ0) is 45.1. The van der Waals surface area contributed by atoms with Crippen molar-refractivity contribution in [3.05, 3.63) is 122 Å². The van der Waals surface area contributed by atoms with Gasteiger partial charge in [-0.15, -0.1) is 0 Å². The molecule has 0 bridgehead atoms. The highest BCUT2D eigenvalue weighted by Crippen LogP contribution is 2.38. The maximum atomic E-state index is 12.7. The lowest BCUT2D eigenvalue weighted by Crippen LogP contribution is -2.37. The van der Waals surface area contributed by atoms with Crippen molar-refractivity contribution in [2.75, 3.05) is 47.5 Å². The van der Waals surface area contributed by atoms with E-state index in [1.54, 1.807) is 18.2 Å². The minimum Gasteiger partial charge on any atom is -0.756 e. The van der Waals surface area contributed by atoms with Gasteiger partial charge in [0.25, 0.3) is 7.82 Å². The molecule has 2 unspecified atom stereocenters. The van der Waals surface area contributed by atoms with Gasteiger partial charge in [-0.1, -0.05) is 148 Å². The molecule has 0 spiro atoms. The Morgan fingerprint density at radius 3 is 1.70 bits per heavy atom. The largest absolute Gasteiger partial charge is 0.756 e. The third-order valence-corrected chi connectivity index (χ3v) is 9.54. The molecule has 0 heterocycles. The molecule has 10 nitrogen and oxygen atoms in total. The van der Waals surface area contributed by atoms with E-state index in [-0.39, 0.29) is 26.1 Å². The molecule has 11 heteroatoms. The van der Waals surface area contributed by atoms with Crippen LogP contribution in [-0.4, -0.2) is 81.2 Å². The van der Waals surface area contributed by atoms with Crippen molar-refractivity contribution in [2.45, 2.75) is 135 Å². The van der Waals surface area contributed by atoms with Gasteiger partial charge in [-0.2, -0.15) is 0 Å². The van der Waals surface area contributed by atoms with Gasteiger partial charge < -0.3 is 33.0 Å². The lowest BCUT2D eigenvalue weighted by atomic mass is 10.1. The molecule has 0 aromatic rings. The second-order valence-corrected chi connectivity index (χ2v) is 16.9. The standard InChI is InChI=1S/C50H80NO9P/c1-6-8-10-12-14-16-18-20-21-22-23-25-27-29-31-33-37-42-50(54)60-48(46-59-61(55,56)58-44-43-51(3,4)5)45-57-49(53)41-38-34-36-40-47(52)39-35-32-30-28-26-24-19-17-15-13-11-9-7-2/h8-11,14-17,20-21,23-26,30,32,34-36,39,47-48,52H,6-7,12-13,18-19,22,27-29,31,33,37-38,40-46H2,1-5H3/b10-8-,11-9-,16-14-,17-15-,21-20-,25-23-,26-24-,32-30-,36-34-,39-35-/t47?,48-/m1/s1. The number of carbonyl (C=O) groups excluding carboxylic acids is 2. The number of esters is 2. The maximum Gasteiger partial charge on any atom is 0.306 e. The molecule has 344 valence electrons. The summed E-state index contributed by atoms with van der Waals surface area (Å²) in [5.74, 6) is -1.06. The Morgan fingerprint density at radius 1 is 0.607 bits per heavy atom. The van der Waals surface area contributed by atoms with Gasteiger partial charge in [-0.3, -0.25) is 14.2 Å². The van der Waals surface area contributed by atoms with E-state index in [1.807, 2.05) is 39.4 Å². The molecular weight excluding hydrogens is 790 g/mol. The summed E-state index contributed by atoms with van der Waals surface area (Å²) in [5.41, 5.74) is 0. The molecule has 0 aliphatic heterocycles. The third-order valence-electron chi connectivity index (χ3n) is 8.57. The molecule has 0 aromatic carbocycles. The SMILES string of the molecule is CC/C=C\C/C=C\C/C=C\C/C=C\C=C/C(O)C/C=C\CCC(=O)OC[C@H](COP(=O)([O-])OCC[N+](C)(C)C)OC(=O)CCCCCC/C=C\C/C=C\C/C=C\C/C=C\CC. The van der Waals surface area contributed by atoms with E-state index in [0.717, 1.165) is 77.0 Å². The molecule has 61 heavy (non-hydrogen) atoms. The molecule has 1 N–H and O–H groups in total. The zero-order valence-corrected chi connectivity index (χ0v) is 39.1. The number of carbonyl (C=O) groups is 2. The topological polar surface area (TPSA) is 131 Å². The summed E-state index contributed by atoms with van der Waals surface area (Å²) in [6, 6.07) is 0. The number of nitrogens with zero attached hydrogens (tertiary/aromatic N) is 1. The molecule has 3 atom stereocenters. The number of aliphatic hydroxyl groups is 1. The van der Waals surface area contributed by atoms with E-state index < -0.39 is 38.6 Å². The van der Waals surface area contributed by atoms with Crippen LogP contribution in [0.15, 0.2) is 122 Å². The fourth-order valence-electron chi connectivity index (χ4n) is 5.11. The minimum absolute atomic E-state index is 0.0566. The van der Waals surface area contributed by atoms with Gasteiger partial charge >= 0.3 is 11.9 Å². The first-order valence-corrected chi connectivity index (χ1v) is 23.8. The summed E-state index contributed by atoms with van der Waals surface area (Å²) in [4.78, 5) is 37.6. The summed E-state index contributed by atoms with van der Waals surface area (Å²) in [6.45, 7) is 3.73. The van der Waals surface area contributed by atoms with Gasteiger partial charge in [0.05, 0.1) is 33.9 Å². The van der Waals surface area contributed by atoms with Crippen LogP contribution >= 0.6 is 7.82 Å². The monoisotopic (exact) mass is 870 g/mol. The van der Waals surface area contributed by atoms with E-state index in [2.05, 4.69) is 98.9 Å². The predicted octanol–water partition coefficient (Wildman–Crippen LogP) is 11.2. The first-order chi connectivity index (χ1) is 29.4. The number of rotatable bonds is 38. The van der Waals surface area contributed by atoms with Gasteiger partial charge in [-0.05, 0) is 83.5 Å². The molecule has 0 amide bonds. The van der Waals surface area contributed by atoms with Crippen LogP contribution in [0.3, 0.4) is 0 Å². The summed E-state index contributed by atoms with van der Waals surface area (Å²) in [7, 11) is 1.03. The van der Waals surface area contributed by atoms with Gasteiger partial charge in [0.1, 0.15) is 19.8 Å². The van der Waals surface area contributed by atoms with Crippen molar-refractivity contribution in [1.29, 1.82) is 0 Å². The van der Waals surface area contributed by atoms with Gasteiger partial charge in [0, 0.05) is 12.8 Å². The Morgan fingerprint density at radius 2 is 1.13 bits per heavy atom. The number of hydrogen-bond donors (Lipinski definition) is 1. The third kappa shape index (κ3) is 44.2. The molecule has 0 fully saturated rings. The Bertz CT molecular complexity index is 1460. The van der Waals surface area contributed by atoms with Crippen molar-refractivity contribution in [3.8, 4) is 0 Å². The van der Waals surface area contributed by atoms with E-state index in [9.17, 15) is 24.2 Å². The quantitative estimate of drug-likeness (QED) is 0.0161. The number of phosphoric ester groups is 1. The van der Waals surface area contributed by atoms with Crippen molar-refractivity contribution in [1.82, 2.24) is 0 Å². The Hall–Kier alpha value is -3.63. The average molecular weight is 870 g/mol. The summed E-state index contributed by atoms with van der Waals surface area (Å²) >= 11 is 0. The summed E-state index contributed by atoms with van der Waals surface area (Å²) in [5, 5.41) is 10.2. The molecule has 0 radical (unpaired) electrons. The second kappa shape index (κ2) is 40.4. The molecular formula is C50H80NO9P. The van der Waals surface area contributed by atoms with Gasteiger partial charge in [0.2, 0.25) is 0 Å². The highest BCUT2D eigenvalue weighted by Gasteiger charge is 2.21.